The Hall–Kier alpha value is -1.64. The molecule has 0 fully saturated rings. The van der Waals surface area contributed by atoms with Gasteiger partial charge in [0.2, 0.25) is 5.91 Å². The summed E-state index contributed by atoms with van der Waals surface area (Å²) < 4.78 is 0. The van der Waals surface area contributed by atoms with Gasteiger partial charge in [-0.3, -0.25) is 4.79 Å². The lowest BCUT2D eigenvalue weighted by atomic mass is 10.1. The minimum absolute atomic E-state index is 0.145. The van der Waals surface area contributed by atoms with Crippen molar-refractivity contribution in [2.45, 2.75) is 27.2 Å². The van der Waals surface area contributed by atoms with Crippen LogP contribution in [0.15, 0.2) is 29.4 Å². The summed E-state index contributed by atoms with van der Waals surface area (Å²) in [5.41, 5.74) is 5.62. The summed E-state index contributed by atoms with van der Waals surface area (Å²) in [6, 6.07) is 8.10. The zero-order chi connectivity index (χ0) is 11.3. The number of rotatable bonds is 3. The molecule has 0 heterocycles. The highest BCUT2D eigenvalue weighted by Gasteiger charge is 2.00. The Morgan fingerprint density at radius 3 is 2.40 bits per heavy atom. The maximum absolute atomic E-state index is 10.7. The lowest BCUT2D eigenvalue weighted by Gasteiger charge is -2.04. The van der Waals surface area contributed by atoms with Gasteiger partial charge in [-0.25, -0.2) is 5.43 Å². The lowest BCUT2D eigenvalue weighted by molar-refractivity contribution is -0.118. The maximum atomic E-state index is 10.7. The van der Waals surface area contributed by atoms with Gasteiger partial charge in [0.05, 0.1) is 5.71 Å². The summed E-state index contributed by atoms with van der Waals surface area (Å²) in [5.74, 6) is -0.145. The first-order valence-corrected chi connectivity index (χ1v) is 5.03. The average Bonchev–Trinajstić information content (AvgIpc) is 2.21. The molecule has 1 N–H and O–H groups in total. The van der Waals surface area contributed by atoms with Gasteiger partial charge in [0.1, 0.15) is 0 Å². The molecular formula is C12H16N2O. The second-order valence-corrected chi connectivity index (χ2v) is 3.45. The third-order valence-corrected chi connectivity index (χ3v) is 2.07. The van der Waals surface area contributed by atoms with Crippen LogP contribution in [0.4, 0.5) is 0 Å². The molecule has 0 aliphatic heterocycles. The van der Waals surface area contributed by atoms with Crippen molar-refractivity contribution in [2.24, 2.45) is 5.10 Å². The third-order valence-electron chi connectivity index (χ3n) is 2.07. The molecule has 0 radical (unpaired) electrons. The molecule has 0 atom stereocenters. The minimum atomic E-state index is -0.145. The van der Waals surface area contributed by atoms with Gasteiger partial charge >= 0.3 is 0 Å². The predicted octanol–water partition coefficient (Wildman–Crippen LogP) is 2.25. The van der Waals surface area contributed by atoms with E-state index in [1.165, 1.54) is 12.5 Å². The molecule has 80 valence electrons. The number of hydrogen-bond acceptors (Lipinski definition) is 2. The second-order valence-electron chi connectivity index (χ2n) is 3.45. The van der Waals surface area contributed by atoms with Gasteiger partial charge < -0.3 is 0 Å². The molecule has 0 saturated carbocycles. The van der Waals surface area contributed by atoms with E-state index in [1.54, 1.807) is 0 Å². The van der Waals surface area contributed by atoms with E-state index >= 15 is 0 Å². The highest BCUT2D eigenvalue weighted by Crippen LogP contribution is 2.06. The van der Waals surface area contributed by atoms with Crippen LogP contribution < -0.4 is 5.43 Å². The molecule has 0 aliphatic carbocycles. The van der Waals surface area contributed by atoms with Crippen LogP contribution in [0.1, 0.15) is 31.4 Å². The Labute approximate surface area is 90.2 Å². The van der Waals surface area contributed by atoms with Gasteiger partial charge in [-0.2, -0.15) is 5.10 Å². The number of benzene rings is 1. The van der Waals surface area contributed by atoms with Crippen LogP contribution in [-0.4, -0.2) is 11.6 Å². The molecule has 0 aromatic heterocycles. The van der Waals surface area contributed by atoms with E-state index < -0.39 is 0 Å². The Morgan fingerprint density at radius 2 is 1.93 bits per heavy atom. The van der Waals surface area contributed by atoms with E-state index in [4.69, 9.17) is 0 Å². The molecule has 0 unspecified atom stereocenters. The van der Waals surface area contributed by atoms with E-state index in [0.717, 1.165) is 17.7 Å². The monoisotopic (exact) mass is 204 g/mol. The van der Waals surface area contributed by atoms with Crippen LogP contribution in [0, 0.1) is 6.92 Å². The normalized spacial score (nSPS) is 11.3. The van der Waals surface area contributed by atoms with Crippen LogP contribution in [0.5, 0.6) is 0 Å². The molecule has 1 rings (SSSR count). The van der Waals surface area contributed by atoms with Crippen molar-refractivity contribution in [1.29, 1.82) is 0 Å². The van der Waals surface area contributed by atoms with E-state index in [0.29, 0.717) is 0 Å². The van der Waals surface area contributed by atoms with E-state index in [1.807, 2.05) is 38.1 Å². The van der Waals surface area contributed by atoms with Gasteiger partial charge in [0.25, 0.3) is 0 Å². The van der Waals surface area contributed by atoms with Crippen molar-refractivity contribution in [1.82, 2.24) is 5.43 Å². The Balaban J connectivity index is 2.87. The van der Waals surface area contributed by atoms with Crippen molar-refractivity contribution >= 4 is 11.6 Å². The molecule has 1 aromatic carbocycles. The van der Waals surface area contributed by atoms with Crippen LogP contribution in [0.2, 0.25) is 0 Å². The molecule has 0 aliphatic rings. The number of hydrazone groups is 1. The minimum Gasteiger partial charge on any atom is -0.274 e. The summed E-state index contributed by atoms with van der Waals surface area (Å²) in [7, 11) is 0. The summed E-state index contributed by atoms with van der Waals surface area (Å²) in [5, 5.41) is 4.06. The molecule has 0 bridgehead atoms. The maximum Gasteiger partial charge on any atom is 0.236 e. The van der Waals surface area contributed by atoms with Crippen LogP contribution in [0.25, 0.3) is 0 Å². The molecule has 0 saturated heterocycles. The smallest absolute Gasteiger partial charge is 0.236 e. The number of carbonyl (C=O) groups is 1. The van der Waals surface area contributed by atoms with Gasteiger partial charge in [0.15, 0.2) is 0 Å². The largest absolute Gasteiger partial charge is 0.274 e. The SMILES string of the molecule is CCC(=NNC(C)=O)c1ccc(C)cc1. The first kappa shape index (κ1) is 11.4. The van der Waals surface area contributed by atoms with E-state index in [9.17, 15) is 4.79 Å². The van der Waals surface area contributed by atoms with E-state index in [2.05, 4.69) is 10.5 Å². The number of nitrogens with one attached hydrogen (secondary N) is 1. The Kier molecular flexibility index (Phi) is 4.03. The number of carbonyl (C=O) groups excluding carboxylic acids is 1. The van der Waals surface area contributed by atoms with Gasteiger partial charge in [-0.15, -0.1) is 0 Å². The van der Waals surface area contributed by atoms with Crippen molar-refractivity contribution in [3.63, 3.8) is 0 Å². The average molecular weight is 204 g/mol. The fraction of sp³-hybridized carbons (Fsp3) is 0.333. The molecule has 3 heteroatoms. The van der Waals surface area contributed by atoms with Crippen LogP contribution in [0.3, 0.4) is 0 Å². The molecular weight excluding hydrogens is 188 g/mol. The fourth-order valence-corrected chi connectivity index (χ4v) is 1.24. The van der Waals surface area contributed by atoms with Gasteiger partial charge in [0, 0.05) is 6.92 Å². The second kappa shape index (κ2) is 5.29. The quantitative estimate of drug-likeness (QED) is 0.595. The van der Waals surface area contributed by atoms with Gasteiger partial charge in [-0.05, 0) is 18.9 Å². The molecule has 0 spiro atoms. The highest BCUT2D eigenvalue weighted by atomic mass is 16.2. The van der Waals surface area contributed by atoms with E-state index in [-0.39, 0.29) is 5.91 Å². The van der Waals surface area contributed by atoms with Crippen molar-refractivity contribution in [2.75, 3.05) is 0 Å². The van der Waals surface area contributed by atoms with Gasteiger partial charge in [-0.1, -0.05) is 36.8 Å². The zero-order valence-electron chi connectivity index (χ0n) is 9.37. The Bertz CT molecular complexity index is 366. The number of nitrogens with zero attached hydrogens (tertiary/aromatic N) is 1. The number of hydrogen-bond donors (Lipinski definition) is 1. The lowest BCUT2D eigenvalue weighted by Crippen LogP contribution is -2.16. The first-order chi connectivity index (χ1) is 7.13. The molecule has 15 heavy (non-hydrogen) atoms. The van der Waals surface area contributed by atoms with Crippen molar-refractivity contribution in [3.8, 4) is 0 Å². The van der Waals surface area contributed by atoms with Crippen molar-refractivity contribution in [3.05, 3.63) is 35.4 Å². The number of amides is 1. The van der Waals surface area contributed by atoms with Crippen LogP contribution >= 0.6 is 0 Å². The molecule has 1 aromatic rings. The van der Waals surface area contributed by atoms with Crippen LogP contribution in [-0.2, 0) is 4.79 Å². The highest BCUT2D eigenvalue weighted by molar-refractivity contribution is 6.00. The van der Waals surface area contributed by atoms with Crippen molar-refractivity contribution < 1.29 is 4.79 Å². The molecule has 1 amide bonds. The standard InChI is InChI=1S/C12H16N2O/c1-4-12(14-13-10(3)15)11-7-5-9(2)6-8-11/h5-8H,4H2,1-3H3,(H,13,15). The molecule has 3 nitrogen and oxygen atoms in total. The topological polar surface area (TPSA) is 41.5 Å². The Morgan fingerprint density at radius 1 is 1.33 bits per heavy atom. The summed E-state index contributed by atoms with van der Waals surface area (Å²) in [4.78, 5) is 10.7. The predicted molar refractivity (Wildman–Crippen MR) is 61.8 cm³/mol. The zero-order valence-corrected chi connectivity index (χ0v) is 9.37. The summed E-state index contributed by atoms with van der Waals surface area (Å²) in [6.07, 6.45) is 0.795. The third kappa shape index (κ3) is 3.54. The summed E-state index contributed by atoms with van der Waals surface area (Å²) >= 11 is 0. The first-order valence-electron chi connectivity index (χ1n) is 5.03. The summed E-state index contributed by atoms with van der Waals surface area (Å²) in [6.45, 7) is 5.51. The number of aryl methyl sites for hydroxylation is 1. The fourth-order valence-electron chi connectivity index (χ4n) is 1.24.